The second-order valence-electron chi connectivity index (χ2n) is 4.70. The molecule has 0 aliphatic carbocycles. The monoisotopic (exact) mass is 220 g/mol. The summed E-state index contributed by atoms with van der Waals surface area (Å²) in [6.45, 7) is 4.31. The number of benzene rings is 1. The molecule has 1 fully saturated rings. The Morgan fingerprint density at radius 1 is 1.27 bits per heavy atom. The standard InChI is InChI=1S/C13H16OS/c1-13(2)9-11(14)8-12(15-13)10-6-4-3-5-7-10/h3-7,12H,8-9H2,1-2H3/t12-/m0/s1. The van der Waals surface area contributed by atoms with Crippen LogP contribution >= 0.6 is 11.8 Å². The molecular formula is C13H16OS. The van der Waals surface area contributed by atoms with E-state index in [0.29, 0.717) is 23.9 Å². The molecule has 2 rings (SSSR count). The molecule has 0 spiro atoms. The van der Waals surface area contributed by atoms with Gasteiger partial charge in [-0.25, -0.2) is 0 Å². The Kier molecular flexibility index (Phi) is 2.87. The summed E-state index contributed by atoms with van der Waals surface area (Å²) in [6, 6.07) is 10.3. The summed E-state index contributed by atoms with van der Waals surface area (Å²) in [5.41, 5.74) is 1.28. The summed E-state index contributed by atoms with van der Waals surface area (Å²) in [5, 5.41) is 0.349. The summed E-state index contributed by atoms with van der Waals surface area (Å²) in [6.07, 6.45) is 1.40. The minimum absolute atomic E-state index is 0.0931. The fourth-order valence-electron chi connectivity index (χ4n) is 2.08. The van der Waals surface area contributed by atoms with Crippen molar-refractivity contribution in [3.05, 3.63) is 35.9 Å². The minimum atomic E-state index is 0.0931. The highest BCUT2D eigenvalue weighted by Crippen LogP contribution is 2.46. The fourth-order valence-corrected chi connectivity index (χ4v) is 3.65. The highest BCUT2D eigenvalue weighted by Gasteiger charge is 2.33. The highest BCUT2D eigenvalue weighted by molar-refractivity contribution is 8.01. The first-order valence-electron chi connectivity index (χ1n) is 5.31. The predicted octanol–water partition coefficient (Wildman–Crippen LogP) is 3.60. The Morgan fingerprint density at radius 2 is 1.93 bits per heavy atom. The van der Waals surface area contributed by atoms with Crippen LogP contribution in [-0.4, -0.2) is 10.5 Å². The van der Waals surface area contributed by atoms with Crippen LogP contribution in [0.5, 0.6) is 0 Å². The van der Waals surface area contributed by atoms with Gasteiger partial charge in [0.25, 0.3) is 0 Å². The van der Waals surface area contributed by atoms with Crippen LogP contribution in [-0.2, 0) is 4.79 Å². The lowest BCUT2D eigenvalue weighted by molar-refractivity contribution is -0.119. The van der Waals surface area contributed by atoms with Gasteiger partial charge in [0.1, 0.15) is 5.78 Å². The van der Waals surface area contributed by atoms with Crippen molar-refractivity contribution >= 4 is 17.5 Å². The van der Waals surface area contributed by atoms with E-state index in [1.54, 1.807) is 0 Å². The van der Waals surface area contributed by atoms with Crippen LogP contribution in [0.3, 0.4) is 0 Å². The third-order valence-corrected chi connectivity index (χ3v) is 4.17. The van der Waals surface area contributed by atoms with Crippen molar-refractivity contribution in [2.45, 2.75) is 36.7 Å². The molecule has 1 aromatic carbocycles. The van der Waals surface area contributed by atoms with Gasteiger partial charge in [0, 0.05) is 22.8 Å². The number of Topliss-reactive ketones (excluding diaryl/α,β-unsaturated/α-hetero) is 1. The second-order valence-corrected chi connectivity index (χ2v) is 6.61. The summed E-state index contributed by atoms with van der Waals surface area (Å²) in [5.74, 6) is 0.396. The molecule has 0 amide bonds. The lowest BCUT2D eigenvalue weighted by atomic mass is 9.99. The van der Waals surface area contributed by atoms with Gasteiger partial charge < -0.3 is 0 Å². The number of hydrogen-bond acceptors (Lipinski definition) is 2. The van der Waals surface area contributed by atoms with Crippen molar-refractivity contribution in [3.63, 3.8) is 0 Å². The molecule has 1 aliphatic rings. The zero-order valence-corrected chi connectivity index (χ0v) is 10.0. The molecule has 1 saturated heterocycles. The lowest BCUT2D eigenvalue weighted by Crippen LogP contribution is -2.27. The van der Waals surface area contributed by atoms with Crippen molar-refractivity contribution < 1.29 is 4.79 Å². The molecule has 0 aromatic heterocycles. The third kappa shape index (κ3) is 2.63. The van der Waals surface area contributed by atoms with Crippen molar-refractivity contribution in [1.82, 2.24) is 0 Å². The Labute approximate surface area is 95.3 Å². The number of rotatable bonds is 1. The molecule has 80 valence electrons. The van der Waals surface area contributed by atoms with Gasteiger partial charge in [0.05, 0.1) is 0 Å². The van der Waals surface area contributed by atoms with Crippen LogP contribution in [0.1, 0.15) is 37.5 Å². The third-order valence-electron chi connectivity index (χ3n) is 2.67. The molecule has 1 heterocycles. The largest absolute Gasteiger partial charge is 0.300 e. The molecule has 0 bridgehead atoms. The summed E-state index contributed by atoms with van der Waals surface area (Å²) >= 11 is 1.92. The van der Waals surface area contributed by atoms with Crippen LogP contribution < -0.4 is 0 Å². The maximum Gasteiger partial charge on any atom is 0.135 e. The minimum Gasteiger partial charge on any atom is -0.300 e. The van der Waals surface area contributed by atoms with Gasteiger partial charge in [-0.2, -0.15) is 0 Å². The van der Waals surface area contributed by atoms with Crippen LogP contribution in [0.25, 0.3) is 0 Å². The van der Waals surface area contributed by atoms with Crippen molar-refractivity contribution in [2.75, 3.05) is 0 Å². The lowest BCUT2D eigenvalue weighted by Gasteiger charge is -2.34. The van der Waals surface area contributed by atoms with E-state index in [4.69, 9.17) is 0 Å². The number of thioether (sulfide) groups is 1. The zero-order chi connectivity index (χ0) is 10.9. The van der Waals surface area contributed by atoms with Gasteiger partial charge >= 0.3 is 0 Å². The molecule has 1 aliphatic heterocycles. The molecule has 1 aromatic rings. The van der Waals surface area contributed by atoms with Crippen molar-refractivity contribution in [3.8, 4) is 0 Å². The molecule has 2 heteroatoms. The predicted molar refractivity (Wildman–Crippen MR) is 65.1 cm³/mol. The average molecular weight is 220 g/mol. The van der Waals surface area contributed by atoms with Gasteiger partial charge in [0.15, 0.2) is 0 Å². The van der Waals surface area contributed by atoms with Gasteiger partial charge in [0.2, 0.25) is 0 Å². The van der Waals surface area contributed by atoms with Gasteiger partial charge in [-0.1, -0.05) is 44.2 Å². The summed E-state index contributed by atoms with van der Waals surface area (Å²) < 4.78 is 0.0931. The Bertz CT molecular complexity index is 356. The molecular weight excluding hydrogens is 204 g/mol. The Hall–Kier alpha value is -0.760. The smallest absolute Gasteiger partial charge is 0.135 e. The maximum absolute atomic E-state index is 11.6. The van der Waals surface area contributed by atoms with Gasteiger partial charge in [-0.15, -0.1) is 11.8 Å². The second kappa shape index (κ2) is 4.01. The number of hydrogen-bond donors (Lipinski definition) is 0. The zero-order valence-electron chi connectivity index (χ0n) is 9.19. The van der Waals surface area contributed by atoms with Crippen molar-refractivity contribution in [2.24, 2.45) is 0 Å². The number of carbonyl (C=O) groups is 1. The highest BCUT2D eigenvalue weighted by atomic mass is 32.2. The Balaban J connectivity index is 2.20. The first-order chi connectivity index (χ1) is 7.07. The molecule has 0 N–H and O–H groups in total. The Morgan fingerprint density at radius 3 is 2.53 bits per heavy atom. The molecule has 1 atom stereocenters. The molecule has 0 saturated carbocycles. The SMILES string of the molecule is CC1(C)CC(=O)C[C@@H](c2ccccc2)S1. The van der Waals surface area contributed by atoms with Gasteiger partial charge in [-0.05, 0) is 5.56 Å². The van der Waals surface area contributed by atoms with E-state index >= 15 is 0 Å². The van der Waals surface area contributed by atoms with E-state index in [2.05, 4.69) is 26.0 Å². The van der Waals surface area contributed by atoms with Gasteiger partial charge in [-0.3, -0.25) is 4.79 Å². The van der Waals surface area contributed by atoms with E-state index in [1.807, 2.05) is 30.0 Å². The number of ketones is 1. The first kappa shape index (κ1) is 10.7. The van der Waals surface area contributed by atoms with E-state index in [1.165, 1.54) is 5.56 Å². The quantitative estimate of drug-likeness (QED) is 0.719. The molecule has 0 unspecified atom stereocenters. The first-order valence-corrected chi connectivity index (χ1v) is 6.19. The summed E-state index contributed by atoms with van der Waals surface area (Å²) in [4.78, 5) is 11.6. The summed E-state index contributed by atoms with van der Waals surface area (Å²) in [7, 11) is 0. The van der Waals surface area contributed by atoms with Crippen LogP contribution in [0.15, 0.2) is 30.3 Å². The fraction of sp³-hybridized carbons (Fsp3) is 0.462. The van der Waals surface area contributed by atoms with E-state index < -0.39 is 0 Å². The molecule has 1 nitrogen and oxygen atoms in total. The van der Waals surface area contributed by atoms with Crippen LogP contribution in [0, 0.1) is 0 Å². The maximum atomic E-state index is 11.6. The van der Waals surface area contributed by atoms with Crippen LogP contribution in [0.2, 0.25) is 0 Å². The number of carbonyl (C=O) groups excluding carboxylic acids is 1. The molecule has 0 radical (unpaired) electrons. The van der Waals surface area contributed by atoms with E-state index in [-0.39, 0.29) is 4.75 Å². The topological polar surface area (TPSA) is 17.1 Å². The van der Waals surface area contributed by atoms with E-state index in [0.717, 1.165) is 0 Å². The van der Waals surface area contributed by atoms with Crippen molar-refractivity contribution in [1.29, 1.82) is 0 Å². The molecule has 15 heavy (non-hydrogen) atoms. The van der Waals surface area contributed by atoms with Crippen LogP contribution in [0.4, 0.5) is 0 Å². The average Bonchev–Trinajstić information content (AvgIpc) is 2.16. The normalized spacial score (nSPS) is 25.2. The van der Waals surface area contributed by atoms with E-state index in [9.17, 15) is 4.79 Å².